The number of phenolic OH excluding ortho intramolecular Hbond substituents is 1. The van der Waals surface area contributed by atoms with Crippen molar-refractivity contribution < 1.29 is 32.3 Å². The molecule has 0 spiro atoms. The van der Waals surface area contributed by atoms with Gasteiger partial charge in [-0.2, -0.15) is 0 Å². The predicted octanol–water partition coefficient (Wildman–Crippen LogP) is 3.49. The molecule has 0 bridgehead atoms. The molecule has 1 fully saturated rings. The van der Waals surface area contributed by atoms with Crippen molar-refractivity contribution >= 4 is 17.5 Å². The molecule has 1 aromatic heterocycles. The Kier molecular flexibility index (Phi) is 5.56. The molecule has 2 heterocycles. The van der Waals surface area contributed by atoms with Gasteiger partial charge in [0.2, 0.25) is 5.88 Å². The van der Waals surface area contributed by atoms with E-state index in [1.165, 1.54) is 12.1 Å². The largest absolute Gasteiger partial charge is 0.573 e. The fourth-order valence-corrected chi connectivity index (χ4v) is 3.59. The minimum atomic E-state index is -4.85. The summed E-state index contributed by atoms with van der Waals surface area (Å²) in [5.74, 6) is -0.974. The molecule has 1 amide bonds. The lowest BCUT2D eigenvalue weighted by molar-refractivity contribution is -0.274. The van der Waals surface area contributed by atoms with E-state index >= 15 is 0 Å². The number of carbonyl (C=O) groups excluding carboxylic acids is 1. The summed E-state index contributed by atoms with van der Waals surface area (Å²) >= 11 is 0. The molecular weight excluding hydrogens is 429 g/mol. The number of nitrogens with zero attached hydrogens (tertiary/aromatic N) is 3. The summed E-state index contributed by atoms with van der Waals surface area (Å²) in [7, 11) is 0. The zero-order valence-electron chi connectivity index (χ0n) is 16.7. The van der Waals surface area contributed by atoms with E-state index in [2.05, 4.69) is 9.89 Å². The Morgan fingerprint density at radius 3 is 2.50 bits per heavy atom. The number of amides is 1. The van der Waals surface area contributed by atoms with Gasteiger partial charge >= 0.3 is 6.36 Å². The Balaban J connectivity index is 1.53. The first-order valence-electron chi connectivity index (χ1n) is 9.66. The van der Waals surface area contributed by atoms with Gasteiger partial charge in [0.05, 0.1) is 5.69 Å². The second-order valence-electron chi connectivity index (χ2n) is 7.11. The first-order valence-corrected chi connectivity index (χ1v) is 9.66. The number of ether oxygens (including phenoxy) is 1. The molecule has 0 saturated carbocycles. The summed E-state index contributed by atoms with van der Waals surface area (Å²) in [5, 5.41) is 13.8. The van der Waals surface area contributed by atoms with Crippen molar-refractivity contribution in [3.63, 3.8) is 0 Å². The van der Waals surface area contributed by atoms with E-state index < -0.39 is 18.0 Å². The topological polar surface area (TPSA) is 105 Å². The van der Waals surface area contributed by atoms with E-state index in [-0.39, 0.29) is 28.5 Å². The van der Waals surface area contributed by atoms with E-state index in [1.54, 1.807) is 23.1 Å². The maximum Gasteiger partial charge on any atom is 0.573 e. The zero-order valence-corrected chi connectivity index (χ0v) is 16.7. The van der Waals surface area contributed by atoms with Crippen LogP contribution in [0.15, 0.2) is 53.1 Å². The van der Waals surface area contributed by atoms with Crippen LogP contribution in [0.2, 0.25) is 0 Å². The molecule has 1 aliphatic rings. The summed E-state index contributed by atoms with van der Waals surface area (Å²) < 4.78 is 46.6. The fourth-order valence-electron chi connectivity index (χ4n) is 3.59. The van der Waals surface area contributed by atoms with Crippen molar-refractivity contribution in [2.24, 2.45) is 0 Å². The van der Waals surface area contributed by atoms with Crippen LogP contribution in [0.25, 0.3) is 11.3 Å². The van der Waals surface area contributed by atoms with E-state index in [4.69, 9.17) is 10.3 Å². The third-order valence-electron chi connectivity index (χ3n) is 5.06. The molecule has 8 nitrogen and oxygen atoms in total. The number of aromatic nitrogens is 1. The Morgan fingerprint density at radius 2 is 1.81 bits per heavy atom. The lowest BCUT2D eigenvalue weighted by atomic mass is 10.1. The highest BCUT2D eigenvalue weighted by Crippen LogP contribution is 2.33. The molecule has 1 saturated heterocycles. The molecule has 4 rings (SSSR count). The molecule has 0 unspecified atom stereocenters. The zero-order chi connectivity index (χ0) is 22.9. The summed E-state index contributed by atoms with van der Waals surface area (Å²) in [6.45, 7) is 1.63. The average Bonchev–Trinajstić information content (AvgIpc) is 3.14. The molecular formula is C21H19F3N4O4. The molecule has 3 aromatic rings. The average molecular weight is 448 g/mol. The summed E-state index contributed by atoms with van der Waals surface area (Å²) in [6, 6.07) is 12.0. The molecule has 32 heavy (non-hydrogen) atoms. The minimum Gasteiger partial charge on any atom is -0.506 e. The number of nitrogen functional groups attached to an aromatic ring is 1. The SMILES string of the molecule is Nc1onc(-c2cccc(OC(F)(F)F)c2)c1C(=O)N1CCN(c2ccccc2O)CC1. The van der Waals surface area contributed by atoms with Crippen LogP contribution >= 0.6 is 0 Å². The number of halogens is 3. The van der Waals surface area contributed by atoms with Gasteiger partial charge < -0.3 is 29.9 Å². The summed E-state index contributed by atoms with van der Waals surface area (Å²) in [6.07, 6.45) is -4.85. The third-order valence-corrected chi connectivity index (χ3v) is 5.06. The summed E-state index contributed by atoms with van der Waals surface area (Å²) in [5.41, 5.74) is 6.71. The number of alkyl halides is 3. The van der Waals surface area contributed by atoms with Crippen molar-refractivity contribution in [1.29, 1.82) is 0 Å². The Hall–Kier alpha value is -3.89. The van der Waals surface area contributed by atoms with E-state index in [1.807, 2.05) is 11.0 Å². The molecule has 11 heteroatoms. The molecule has 3 N–H and O–H groups in total. The Labute approximate surface area is 180 Å². The molecule has 0 radical (unpaired) electrons. The Bertz CT molecular complexity index is 1120. The number of phenols is 1. The molecule has 0 atom stereocenters. The van der Waals surface area contributed by atoms with Crippen LogP contribution in [-0.4, -0.2) is 53.6 Å². The number of anilines is 2. The minimum absolute atomic E-state index is 0.0230. The van der Waals surface area contributed by atoms with Crippen LogP contribution in [0.5, 0.6) is 11.5 Å². The van der Waals surface area contributed by atoms with E-state index in [9.17, 15) is 23.1 Å². The number of nitrogens with two attached hydrogens (primary N) is 1. The molecule has 168 valence electrons. The fraction of sp³-hybridized carbons (Fsp3) is 0.238. The first-order chi connectivity index (χ1) is 15.2. The third kappa shape index (κ3) is 4.41. The highest BCUT2D eigenvalue weighted by molar-refractivity contribution is 6.03. The van der Waals surface area contributed by atoms with Crippen molar-refractivity contribution in [2.45, 2.75) is 6.36 Å². The highest BCUT2D eigenvalue weighted by atomic mass is 19.4. The number of hydrogen-bond donors (Lipinski definition) is 2. The van der Waals surface area contributed by atoms with Crippen molar-refractivity contribution in [3.8, 4) is 22.8 Å². The molecule has 0 aliphatic carbocycles. The van der Waals surface area contributed by atoms with Gasteiger partial charge in [-0.25, -0.2) is 0 Å². The number of piperazine rings is 1. The normalized spacial score (nSPS) is 14.5. The van der Waals surface area contributed by atoms with Gasteiger partial charge in [0.25, 0.3) is 5.91 Å². The van der Waals surface area contributed by atoms with Gasteiger partial charge in [0.1, 0.15) is 22.8 Å². The monoisotopic (exact) mass is 448 g/mol. The lowest BCUT2D eigenvalue weighted by Crippen LogP contribution is -2.49. The Morgan fingerprint density at radius 1 is 1.09 bits per heavy atom. The van der Waals surface area contributed by atoms with E-state index in [0.29, 0.717) is 31.9 Å². The van der Waals surface area contributed by atoms with Crippen LogP contribution in [0, 0.1) is 0 Å². The van der Waals surface area contributed by atoms with Gasteiger partial charge in [-0.3, -0.25) is 4.79 Å². The van der Waals surface area contributed by atoms with Crippen LogP contribution in [0.1, 0.15) is 10.4 Å². The maximum absolute atomic E-state index is 13.2. The number of aromatic hydroxyl groups is 1. The van der Waals surface area contributed by atoms with Gasteiger partial charge in [0.15, 0.2) is 0 Å². The number of para-hydroxylation sites is 2. The van der Waals surface area contributed by atoms with Crippen molar-refractivity contribution in [1.82, 2.24) is 10.1 Å². The number of carbonyl (C=O) groups is 1. The number of benzene rings is 2. The second-order valence-corrected chi connectivity index (χ2v) is 7.11. The van der Waals surface area contributed by atoms with Crippen LogP contribution < -0.4 is 15.4 Å². The highest BCUT2D eigenvalue weighted by Gasteiger charge is 2.32. The van der Waals surface area contributed by atoms with E-state index in [0.717, 1.165) is 12.1 Å². The van der Waals surface area contributed by atoms with Crippen molar-refractivity contribution in [2.75, 3.05) is 36.8 Å². The standard InChI is InChI=1S/C21H19F3N4O4/c22-21(23,24)31-14-5-3-4-13(12-14)18-17(19(25)32-26-18)20(30)28-10-8-27(9-11-28)15-6-1-2-7-16(15)29/h1-7,12,29H,8-11,25H2. The van der Waals surface area contributed by atoms with Gasteiger partial charge in [0, 0.05) is 31.7 Å². The van der Waals surface area contributed by atoms with Gasteiger partial charge in [-0.15, -0.1) is 13.2 Å². The van der Waals surface area contributed by atoms with Crippen LogP contribution in [0.3, 0.4) is 0 Å². The second kappa shape index (κ2) is 8.33. The smallest absolute Gasteiger partial charge is 0.506 e. The van der Waals surface area contributed by atoms with Crippen molar-refractivity contribution in [3.05, 3.63) is 54.1 Å². The predicted molar refractivity (Wildman–Crippen MR) is 109 cm³/mol. The summed E-state index contributed by atoms with van der Waals surface area (Å²) in [4.78, 5) is 16.7. The van der Waals surface area contributed by atoms with Crippen LogP contribution in [0.4, 0.5) is 24.7 Å². The van der Waals surface area contributed by atoms with Crippen LogP contribution in [-0.2, 0) is 0 Å². The number of hydrogen-bond acceptors (Lipinski definition) is 7. The molecule has 1 aliphatic heterocycles. The quantitative estimate of drug-likeness (QED) is 0.630. The molecule has 2 aromatic carbocycles. The van der Waals surface area contributed by atoms with Gasteiger partial charge in [-0.05, 0) is 24.3 Å². The maximum atomic E-state index is 13.2. The first kappa shape index (κ1) is 21.3. The number of rotatable bonds is 4. The van der Waals surface area contributed by atoms with Gasteiger partial charge in [-0.1, -0.05) is 29.4 Å². The lowest BCUT2D eigenvalue weighted by Gasteiger charge is -2.36.